The van der Waals surface area contributed by atoms with Gasteiger partial charge >= 0.3 is 0 Å². The second-order valence-electron chi connectivity index (χ2n) is 8.80. The molecule has 9 heteroatoms. The van der Waals surface area contributed by atoms with Gasteiger partial charge in [0.1, 0.15) is 11.9 Å². The van der Waals surface area contributed by atoms with Gasteiger partial charge in [-0.25, -0.2) is 0 Å². The molecule has 6 rings (SSSR count). The summed E-state index contributed by atoms with van der Waals surface area (Å²) in [6.45, 7) is 2.71. The average Bonchev–Trinajstić information content (AvgIpc) is 2.94. The third kappa shape index (κ3) is 5.20. The summed E-state index contributed by atoms with van der Waals surface area (Å²) in [6.07, 6.45) is 3.40. The highest BCUT2D eigenvalue weighted by atomic mass is 32.2. The minimum Gasteiger partial charge on any atom is -0.497 e. The van der Waals surface area contributed by atoms with Crippen molar-refractivity contribution in [2.45, 2.75) is 32.2 Å². The molecule has 0 bridgehead atoms. The summed E-state index contributed by atoms with van der Waals surface area (Å²) >= 11 is 3.59. The monoisotopic (exact) mass is 530 g/mol. The lowest BCUT2D eigenvalue weighted by atomic mass is 10.1. The molecule has 0 spiro atoms. The highest BCUT2D eigenvalue weighted by Gasteiger charge is 2.28. The van der Waals surface area contributed by atoms with Crippen LogP contribution in [0.1, 0.15) is 17.4 Å². The van der Waals surface area contributed by atoms with Crippen LogP contribution in [0.25, 0.3) is 0 Å². The Morgan fingerprint density at radius 1 is 1.11 bits per heavy atom. The lowest BCUT2D eigenvalue weighted by Crippen LogP contribution is -2.39. The van der Waals surface area contributed by atoms with Crippen LogP contribution in [0.4, 0.5) is 11.4 Å². The first-order valence-electron chi connectivity index (χ1n) is 12.1. The number of nitrogens with one attached hydrogen (secondary N) is 2. The fourth-order valence-corrected chi connectivity index (χ4v) is 7.01. The smallest absolute Gasteiger partial charge is 0.249 e. The van der Waals surface area contributed by atoms with Crippen LogP contribution in [-0.2, 0) is 11.3 Å². The third-order valence-electron chi connectivity index (χ3n) is 6.42. The van der Waals surface area contributed by atoms with Gasteiger partial charge in [0.15, 0.2) is 0 Å². The van der Waals surface area contributed by atoms with Crippen molar-refractivity contribution in [3.63, 3.8) is 0 Å². The number of nitrogens with zero attached hydrogens (tertiary/aromatic N) is 2. The van der Waals surface area contributed by atoms with Crippen LogP contribution in [0.15, 0.2) is 97.4 Å². The number of hydrogen-bond donors (Lipinski definition) is 2. The number of H-pyrrole nitrogens is 1. The Labute approximate surface area is 223 Å². The number of anilines is 2. The van der Waals surface area contributed by atoms with E-state index >= 15 is 0 Å². The molecule has 1 saturated heterocycles. The van der Waals surface area contributed by atoms with E-state index in [0.29, 0.717) is 19.7 Å². The van der Waals surface area contributed by atoms with E-state index in [0.717, 1.165) is 29.4 Å². The van der Waals surface area contributed by atoms with E-state index in [1.165, 1.54) is 25.1 Å². The summed E-state index contributed by atoms with van der Waals surface area (Å²) in [7, 11) is 1.66. The molecular weight excluding hydrogens is 504 g/mol. The first-order valence-corrected chi connectivity index (χ1v) is 13.7. The molecule has 2 aromatic carbocycles. The van der Waals surface area contributed by atoms with E-state index in [-0.39, 0.29) is 11.7 Å². The quantitative estimate of drug-likeness (QED) is 0.294. The number of fused-ring (bicyclic) bond motifs is 2. The molecule has 0 aliphatic carbocycles. The maximum Gasteiger partial charge on any atom is 0.249 e. The molecule has 2 aliphatic rings. The fourth-order valence-electron chi connectivity index (χ4n) is 4.56. The molecule has 2 N–H and O–H groups in total. The molecule has 1 unspecified atom stereocenters. The SMILES string of the molecule is COc1ccnc(CNc2ccc3c(c2)Sc2cccc(C4CN(c5cc[nH]c(=O)c5)CCO4)c2S3)c1. The largest absolute Gasteiger partial charge is 0.497 e. The molecule has 1 fully saturated rings. The molecule has 7 nitrogen and oxygen atoms in total. The predicted octanol–water partition coefficient (Wildman–Crippen LogP) is 5.58. The van der Waals surface area contributed by atoms with Crippen molar-refractivity contribution in [1.82, 2.24) is 9.97 Å². The number of ether oxygens (including phenoxy) is 2. The van der Waals surface area contributed by atoms with Gasteiger partial charge in [-0.05, 0) is 42.0 Å². The number of hydrogen-bond acceptors (Lipinski definition) is 8. The first kappa shape index (κ1) is 24.0. The van der Waals surface area contributed by atoms with Gasteiger partial charge in [0.2, 0.25) is 5.56 Å². The van der Waals surface area contributed by atoms with Gasteiger partial charge in [-0.15, -0.1) is 0 Å². The lowest BCUT2D eigenvalue weighted by Gasteiger charge is -2.36. The molecule has 37 heavy (non-hydrogen) atoms. The van der Waals surface area contributed by atoms with E-state index in [2.05, 4.69) is 56.6 Å². The van der Waals surface area contributed by atoms with Gasteiger partial charge in [0.05, 0.1) is 26.0 Å². The van der Waals surface area contributed by atoms with E-state index in [1.54, 1.807) is 49.1 Å². The second kappa shape index (κ2) is 10.5. The van der Waals surface area contributed by atoms with Gasteiger partial charge in [0, 0.05) is 68.6 Å². The minimum absolute atomic E-state index is 0.0612. The van der Waals surface area contributed by atoms with Crippen LogP contribution in [0.5, 0.6) is 5.75 Å². The van der Waals surface area contributed by atoms with Crippen molar-refractivity contribution in [3.05, 3.63) is 94.7 Å². The average molecular weight is 531 g/mol. The van der Waals surface area contributed by atoms with Gasteiger partial charge in [-0.3, -0.25) is 9.78 Å². The number of benzene rings is 2. The molecule has 0 saturated carbocycles. The molecule has 2 aliphatic heterocycles. The molecule has 4 aromatic rings. The Kier molecular flexibility index (Phi) is 6.82. The van der Waals surface area contributed by atoms with Crippen LogP contribution >= 0.6 is 23.5 Å². The number of methoxy groups -OCH3 is 1. The standard InChI is InChI=1S/C28H26N4O3S2/c1-34-21-8-10-29-19(13-21)16-31-18-5-6-24-26(14-18)36-25-4-2-3-22(28(25)37-24)23-17-32(11-12-35-23)20-7-9-30-27(33)15-20/h2-10,13-15,23,31H,11-12,16-17H2,1H3,(H,30,33). The molecule has 0 radical (unpaired) electrons. The van der Waals surface area contributed by atoms with E-state index in [9.17, 15) is 4.79 Å². The van der Waals surface area contributed by atoms with Crippen LogP contribution in [0, 0.1) is 0 Å². The van der Waals surface area contributed by atoms with E-state index in [1.807, 2.05) is 18.2 Å². The van der Waals surface area contributed by atoms with Crippen molar-refractivity contribution in [3.8, 4) is 5.75 Å². The predicted molar refractivity (Wildman–Crippen MR) is 147 cm³/mol. The van der Waals surface area contributed by atoms with Crippen molar-refractivity contribution < 1.29 is 9.47 Å². The summed E-state index contributed by atoms with van der Waals surface area (Å²) in [6, 6.07) is 20.3. The summed E-state index contributed by atoms with van der Waals surface area (Å²) in [5, 5.41) is 3.48. The number of morpholine rings is 1. The summed E-state index contributed by atoms with van der Waals surface area (Å²) in [5.41, 5.74) is 4.02. The van der Waals surface area contributed by atoms with Crippen LogP contribution in [-0.4, -0.2) is 36.8 Å². The molecule has 2 aromatic heterocycles. The zero-order valence-electron chi connectivity index (χ0n) is 20.3. The van der Waals surface area contributed by atoms with Gasteiger partial charge in [0.25, 0.3) is 0 Å². The lowest BCUT2D eigenvalue weighted by molar-refractivity contribution is 0.0379. The van der Waals surface area contributed by atoms with Gasteiger partial charge < -0.3 is 24.7 Å². The second-order valence-corrected chi connectivity index (χ2v) is 10.9. The molecule has 1 atom stereocenters. The van der Waals surface area contributed by atoms with Crippen LogP contribution < -0.4 is 20.5 Å². The first-order chi connectivity index (χ1) is 18.2. The van der Waals surface area contributed by atoms with Gasteiger partial charge in [-0.1, -0.05) is 35.7 Å². The zero-order valence-corrected chi connectivity index (χ0v) is 21.9. The Balaban J connectivity index is 1.19. The maximum atomic E-state index is 11.8. The van der Waals surface area contributed by atoms with Crippen molar-refractivity contribution in [1.29, 1.82) is 0 Å². The van der Waals surface area contributed by atoms with E-state index in [4.69, 9.17) is 9.47 Å². The van der Waals surface area contributed by atoms with Crippen LogP contribution in [0.2, 0.25) is 0 Å². The van der Waals surface area contributed by atoms with Crippen molar-refractivity contribution >= 4 is 34.9 Å². The molecule has 188 valence electrons. The minimum atomic E-state index is -0.0881. The molecule has 4 heterocycles. The van der Waals surface area contributed by atoms with Crippen molar-refractivity contribution in [2.24, 2.45) is 0 Å². The topological polar surface area (TPSA) is 79.5 Å². The number of rotatable bonds is 6. The van der Waals surface area contributed by atoms with E-state index < -0.39 is 0 Å². The summed E-state index contributed by atoms with van der Waals surface area (Å²) < 4.78 is 11.5. The molecular formula is C28H26N4O3S2. The highest BCUT2D eigenvalue weighted by molar-refractivity contribution is 8.05. The Hall–Kier alpha value is -3.40. The zero-order chi connectivity index (χ0) is 25.2. The highest BCUT2D eigenvalue weighted by Crippen LogP contribution is 2.51. The summed E-state index contributed by atoms with van der Waals surface area (Å²) in [4.78, 5) is 26.1. The fraction of sp³-hybridized carbons (Fsp3) is 0.214. The summed E-state index contributed by atoms with van der Waals surface area (Å²) in [5.74, 6) is 0.805. The van der Waals surface area contributed by atoms with Crippen LogP contribution in [0.3, 0.4) is 0 Å². The Morgan fingerprint density at radius 2 is 2.05 bits per heavy atom. The van der Waals surface area contributed by atoms with Crippen molar-refractivity contribution in [2.75, 3.05) is 37.0 Å². The number of aromatic amines is 1. The number of aromatic nitrogens is 2. The maximum absolute atomic E-state index is 11.8. The Morgan fingerprint density at radius 3 is 2.95 bits per heavy atom. The molecule has 0 amide bonds. The number of pyridine rings is 2. The normalized spacial score (nSPS) is 16.6. The Bertz CT molecular complexity index is 1490. The third-order valence-corrected chi connectivity index (χ3v) is 9.03. The van der Waals surface area contributed by atoms with Gasteiger partial charge in [-0.2, -0.15) is 0 Å².